The van der Waals surface area contributed by atoms with Gasteiger partial charge in [0.2, 0.25) is 0 Å². The standard InChI is InChI=1S/2C8H11.C2H4.2ClH.Ti/c2*1-3-8-5-4-7(2)6-8;1-2;;;/h2*4-5,8H,3H2,1-2H3;1-2H2;2*1H;/q;;;;;+2/p-2. The average Bonchev–Trinajstić information content (AvgIpc) is 2.95. The zero-order chi connectivity index (χ0) is 13.6. The average molecular weight is 361 g/mol. The Morgan fingerprint density at radius 3 is 1.52 bits per heavy atom. The Kier molecular flexibility index (Phi) is 6.63. The minimum absolute atomic E-state index is 0. The predicted octanol–water partition coefficient (Wildman–Crippen LogP) is -0.261. The molecule has 1 fully saturated rings. The molecule has 0 radical (unpaired) electrons. The van der Waals surface area contributed by atoms with E-state index >= 15 is 0 Å². The predicted molar refractivity (Wildman–Crippen MR) is 80.9 cm³/mol. The van der Waals surface area contributed by atoms with Gasteiger partial charge in [0.05, 0.1) is 0 Å². The third-order valence-electron chi connectivity index (χ3n) is 5.41. The van der Waals surface area contributed by atoms with E-state index in [0.717, 1.165) is 11.8 Å². The van der Waals surface area contributed by atoms with Crippen molar-refractivity contribution in [1.82, 2.24) is 0 Å². The van der Waals surface area contributed by atoms with Crippen molar-refractivity contribution in [3.63, 3.8) is 0 Å². The first-order chi connectivity index (χ1) is 9.14. The van der Waals surface area contributed by atoms with Gasteiger partial charge >= 0.3 is 122 Å². The molecular formula is C18H26Cl2Ti. The summed E-state index contributed by atoms with van der Waals surface area (Å²) in [6.45, 7) is 9.45. The largest absolute Gasteiger partial charge is 1.00 e. The van der Waals surface area contributed by atoms with Gasteiger partial charge in [-0.25, -0.2) is 0 Å². The van der Waals surface area contributed by atoms with Crippen molar-refractivity contribution in [2.75, 3.05) is 0 Å². The van der Waals surface area contributed by atoms with Gasteiger partial charge in [0.15, 0.2) is 0 Å². The molecule has 0 nitrogen and oxygen atoms in total. The molecule has 0 amide bonds. The third-order valence-corrected chi connectivity index (χ3v) is 13.4. The van der Waals surface area contributed by atoms with Crippen LogP contribution in [-0.2, 0) is 16.6 Å². The van der Waals surface area contributed by atoms with Crippen molar-refractivity contribution in [1.29, 1.82) is 0 Å². The molecule has 0 spiro atoms. The van der Waals surface area contributed by atoms with Crippen LogP contribution in [0.3, 0.4) is 0 Å². The van der Waals surface area contributed by atoms with Gasteiger partial charge in [-0.3, -0.25) is 0 Å². The van der Waals surface area contributed by atoms with Gasteiger partial charge in [-0.05, 0) is 0 Å². The van der Waals surface area contributed by atoms with Crippen LogP contribution in [-0.4, -0.2) is 0 Å². The Balaban J connectivity index is 0.00000110. The second-order valence-corrected chi connectivity index (χ2v) is 13.1. The van der Waals surface area contributed by atoms with Gasteiger partial charge in [-0.1, -0.05) is 0 Å². The molecule has 1 aliphatic heterocycles. The summed E-state index contributed by atoms with van der Waals surface area (Å²) in [4.78, 5) is 0. The van der Waals surface area contributed by atoms with Gasteiger partial charge in [-0.2, -0.15) is 0 Å². The summed E-state index contributed by atoms with van der Waals surface area (Å²) >= 11 is -1.84. The molecule has 1 heterocycles. The van der Waals surface area contributed by atoms with Gasteiger partial charge in [0.25, 0.3) is 0 Å². The molecule has 2 atom stereocenters. The van der Waals surface area contributed by atoms with Crippen LogP contribution in [0.15, 0.2) is 43.2 Å². The van der Waals surface area contributed by atoms with Crippen LogP contribution >= 0.6 is 0 Å². The Morgan fingerprint density at radius 1 is 0.857 bits per heavy atom. The van der Waals surface area contributed by atoms with Crippen molar-refractivity contribution in [3.05, 3.63) is 43.2 Å². The molecule has 21 heavy (non-hydrogen) atoms. The maximum absolute atomic E-state index is 2.48. The molecule has 0 aromatic heterocycles. The third kappa shape index (κ3) is 3.02. The Morgan fingerprint density at radius 2 is 1.24 bits per heavy atom. The summed E-state index contributed by atoms with van der Waals surface area (Å²) in [6.07, 6.45) is 12.4. The van der Waals surface area contributed by atoms with Gasteiger partial charge in [-0.15, -0.1) is 0 Å². The van der Waals surface area contributed by atoms with Crippen molar-refractivity contribution in [3.8, 4) is 0 Å². The van der Waals surface area contributed by atoms with Gasteiger partial charge in [0, 0.05) is 0 Å². The van der Waals surface area contributed by atoms with Crippen LogP contribution in [0.25, 0.3) is 0 Å². The molecule has 0 N–H and O–H groups in total. The maximum atomic E-state index is 2.48. The summed E-state index contributed by atoms with van der Waals surface area (Å²) in [7, 11) is 0. The molecule has 3 heteroatoms. The van der Waals surface area contributed by atoms with Crippen LogP contribution in [0.2, 0.25) is 9.45 Å². The van der Waals surface area contributed by atoms with E-state index in [4.69, 9.17) is 0 Å². The molecule has 2 unspecified atom stereocenters. The van der Waals surface area contributed by atoms with Crippen molar-refractivity contribution < 1.29 is 41.4 Å². The van der Waals surface area contributed by atoms with Crippen LogP contribution in [0, 0.1) is 11.8 Å². The minimum Gasteiger partial charge on any atom is -1.00 e. The van der Waals surface area contributed by atoms with E-state index in [2.05, 4.69) is 52.0 Å². The summed E-state index contributed by atoms with van der Waals surface area (Å²) in [5, 5.41) is 0. The molecule has 3 aliphatic rings. The summed E-state index contributed by atoms with van der Waals surface area (Å²) in [5.74, 6) is 1.56. The smallest absolute Gasteiger partial charge is 1.00 e. The Labute approximate surface area is 146 Å². The first-order valence-electron chi connectivity index (χ1n) is 7.93. The summed E-state index contributed by atoms with van der Waals surface area (Å²) in [5.41, 5.74) is 3.26. The fourth-order valence-corrected chi connectivity index (χ4v) is 14.3. The van der Waals surface area contributed by atoms with E-state index in [1.807, 2.05) is 7.76 Å². The van der Waals surface area contributed by atoms with Crippen LogP contribution in [0.5, 0.6) is 0 Å². The van der Waals surface area contributed by atoms with Crippen molar-refractivity contribution in [2.24, 2.45) is 11.8 Å². The number of hydrogen-bond acceptors (Lipinski definition) is 0. The second kappa shape index (κ2) is 7.22. The molecule has 0 aromatic carbocycles. The van der Waals surface area contributed by atoms with E-state index in [1.54, 1.807) is 20.6 Å². The molecular weight excluding hydrogens is 335 g/mol. The second-order valence-electron chi connectivity index (χ2n) is 6.52. The number of halogens is 2. The van der Waals surface area contributed by atoms with Crippen LogP contribution < -0.4 is 24.8 Å². The van der Waals surface area contributed by atoms with Gasteiger partial charge < -0.3 is 24.8 Å². The number of rotatable bonds is 4. The molecule has 3 rings (SSSR count). The first kappa shape index (κ1) is 19.3. The molecule has 0 aromatic rings. The zero-order valence-corrected chi connectivity index (χ0v) is 16.6. The number of hydrogen-bond donors (Lipinski definition) is 0. The molecule has 0 saturated carbocycles. The fourth-order valence-electron chi connectivity index (χ4n) is 4.43. The number of allylic oxidation sites excluding steroid dienone is 8. The summed E-state index contributed by atoms with van der Waals surface area (Å²) < 4.78 is 7.02. The maximum Gasteiger partial charge on any atom is -1.00 e. The van der Waals surface area contributed by atoms with E-state index in [1.165, 1.54) is 12.8 Å². The van der Waals surface area contributed by atoms with Gasteiger partial charge in [0.1, 0.15) is 0 Å². The normalized spacial score (nSPS) is 27.2. The topological polar surface area (TPSA) is 0 Å². The fraction of sp³-hybridized carbons (Fsp3) is 0.556. The van der Waals surface area contributed by atoms with Crippen molar-refractivity contribution >= 4 is 0 Å². The van der Waals surface area contributed by atoms with E-state index in [-0.39, 0.29) is 24.8 Å². The first-order valence-corrected chi connectivity index (χ1v) is 11.7. The molecule has 0 bridgehead atoms. The van der Waals surface area contributed by atoms with E-state index < -0.39 is 16.6 Å². The monoisotopic (exact) mass is 360 g/mol. The minimum atomic E-state index is -1.84. The quantitative estimate of drug-likeness (QED) is 0.606. The SMILES string of the molecule is CCC1C=CC(C)=[C]1[Ti+2]1([C]2=C(C)C=CC2CC)[CH2][CH2]1.[Cl-].[Cl-]. The molecule has 2 aliphatic carbocycles. The van der Waals surface area contributed by atoms with Crippen LogP contribution in [0.4, 0.5) is 0 Å². The molecule has 116 valence electrons. The Bertz CT molecular complexity index is 477. The van der Waals surface area contributed by atoms with E-state index in [9.17, 15) is 0 Å². The van der Waals surface area contributed by atoms with E-state index in [0.29, 0.717) is 0 Å². The summed E-state index contributed by atoms with van der Waals surface area (Å²) in [6, 6.07) is 0. The van der Waals surface area contributed by atoms with Crippen LogP contribution in [0.1, 0.15) is 40.5 Å². The molecule has 1 saturated heterocycles. The zero-order valence-electron chi connectivity index (χ0n) is 13.5. The van der Waals surface area contributed by atoms with Crippen molar-refractivity contribution in [2.45, 2.75) is 50.0 Å². The Hall–Kier alpha value is 0.254.